The van der Waals surface area contributed by atoms with Crippen LogP contribution in [-0.4, -0.2) is 53.9 Å². The lowest BCUT2D eigenvalue weighted by Crippen LogP contribution is -2.38. The quantitative estimate of drug-likeness (QED) is 0.576. The summed E-state index contributed by atoms with van der Waals surface area (Å²) >= 11 is 1.78. The van der Waals surface area contributed by atoms with Crippen LogP contribution in [0.3, 0.4) is 0 Å². The van der Waals surface area contributed by atoms with E-state index >= 15 is 0 Å². The molecule has 3 rings (SSSR count). The highest BCUT2D eigenvalue weighted by Gasteiger charge is 2.31. The molecule has 146 valence electrons. The number of benzene rings is 1. The zero-order chi connectivity index (χ0) is 19.4. The third kappa shape index (κ3) is 4.47. The molecule has 1 saturated heterocycles. The molecule has 1 aromatic heterocycles. The molecule has 2 heterocycles. The number of methoxy groups -OCH3 is 1. The zero-order valence-electron chi connectivity index (χ0n) is 16.0. The topological polar surface area (TPSA) is 71.6 Å². The predicted octanol–water partition coefficient (Wildman–Crippen LogP) is 3.73. The molecule has 1 amide bonds. The molecular weight excluding hydrogens is 364 g/mol. The van der Waals surface area contributed by atoms with E-state index in [1.54, 1.807) is 23.9 Å². The normalized spacial score (nSPS) is 17.7. The summed E-state index contributed by atoms with van der Waals surface area (Å²) in [6.07, 6.45) is 3.53. The maximum atomic E-state index is 12.5. The van der Waals surface area contributed by atoms with Gasteiger partial charge in [0.25, 0.3) is 0 Å². The average molecular weight is 391 g/mol. The lowest BCUT2D eigenvalue weighted by Gasteiger charge is -2.35. The minimum atomic E-state index is -0.359. The van der Waals surface area contributed by atoms with Crippen molar-refractivity contribution in [3.8, 4) is 0 Å². The molecule has 2 aromatic rings. The number of hydrogen-bond acceptors (Lipinski definition) is 5. The summed E-state index contributed by atoms with van der Waals surface area (Å²) in [6.45, 7) is 5.35. The Hall–Kier alpha value is -1.99. The van der Waals surface area contributed by atoms with E-state index < -0.39 is 0 Å². The second kappa shape index (κ2) is 8.80. The van der Waals surface area contributed by atoms with Gasteiger partial charge in [0.05, 0.1) is 18.8 Å². The molecule has 1 aliphatic rings. The van der Waals surface area contributed by atoms with E-state index in [1.165, 1.54) is 7.11 Å². The van der Waals surface area contributed by atoms with Crippen LogP contribution < -0.4 is 0 Å². The number of esters is 1. The molecule has 0 aliphatic carbocycles. The maximum absolute atomic E-state index is 12.5. The molecule has 0 radical (unpaired) electrons. The SMILES string of the molecule is COC(=O)c1ccc2c(C3SCCC(=O)N3CCCOC(C)C)c[nH]c2c1. The minimum Gasteiger partial charge on any atom is -0.465 e. The smallest absolute Gasteiger partial charge is 0.337 e. The number of amides is 1. The Kier molecular flexibility index (Phi) is 6.44. The molecule has 1 fully saturated rings. The number of fused-ring (bicyclic) bond motifs is 1. The molecule has 1 atom stereocenters. The Balaban J connectivity index is 1.81. The van der Waals surface area contributed by atoms with Gasteiger partial charge in [-0.1, -0.05) is 6.07 Å². The van der Waals surface area contributed by atoms with Crippen molar-refractivity contribution in [3.05, 3.63) is 35.5 Å². The number of rotatable bonds is 7. The van der Waals surface area contributed by atoms with Crippen LogP contribution in [-0.2, 0) is 14.3 Å². The molecule has 0 spiro atoms. The average Bonchev–Trinajstić information content (AvgIpc) is 3.08. The van der Waals surface area contributed by atoms with Crippen molar-refractivity contribution in [1.29, 1.82) is 0 Å². The van der Waals surface area contributed by atoms with Crippen LogP contribution in [0.1, 0.15) is 48.0 Å². The van der Waals surface area contributed by atoms with Gasteiger partial charge in [0.15, 0.2) is 0 Å². The van der Waals surface area contributed by atoms with Crippen molar-refractivity contribution in [2.24, 2.45) is 0 Å². The summed E-state index contributed by atoms with van der Waals surface area (Å²) in [4.78, 5) is 29.5. The van der Waals surface area contributed by atoms with E-state index in [2.05, 4.69) is 4.98 Å². The van der Waals surface area contributed by atoms with Crippen molar-refractivity contribution in [1.82, 2.24) is 9.88 Å². The van der Waals surface area contributed by atoms with E-state index in [4.69, 9.17) is 9.47 Å². The van der Waals surface area contributed by atoms with E-state index in [0.29, 0.717) is 25.1 Å². The number of nitrogens with one attached hydrogen (secondary N) is 1. The van der Waals surface area contributed by atoms with Crippen molar-refractivity contribution >= 4 is 34.5 Å². The Morgan fingerprint density at radius 1 is 1.41 bits per heavy atom. The third-order valence-corrected chi connectivity index (χ3v) is 5.85. The van der Waals surface area contributed by atoms with Gasteiger partial charge in [0, 0.05) is 48.0 Å². The fourth-order valence-electron chi connectivity index (χ4n) is 3.27. The fraction of sp³-hybridized carbons (Fsp3) is 0.500. The summed E-state index contributed by atoms with van der Waals surface area (Å²) < 4.78 is 10.4. The van der Waals surface area contributed by atoms with E-state index in [0.717, 1.165) is 28.6 Å². The van der Waals surface area contributed by atoms with Gasteiger partial charge >= 0.3 is 5.97 Å². The maximum Gasteiger partial charge on any atom is 0.337 e. The molecule has 6 nitrogen and oxygen atoms in total. The lowest BCUT2D eigenvalue weighted by molar-refractivity contribution is -0.132. The number of hydrogen-bond donors (Lipinski definition) is 1. The standard InChI is InChI=1S/C20H26N2O4S/c1-13(2)26-9-4-8-22-18(23)7-10-27-19(22)16-12-21-17-11-14(20(24)25-3)5-6-15(16)17/h5-6,11-13,19,21H,4,7-10H2,1-3H3. The monoisotopic (exact) mass is 390 g/mol. The minimum absolute atomic E-state index is 0.0250. The Labute approximate surface area is 163 Å². The first-order chi connectivity index (χ1) is 13.0. The fourth-order valence-corrected chi connectivity index (χ4v) is 4.57. The molecule has 1 N–H and O–H groups in total. The Morgan fingerprint density at radius 3 is 2.96 bits per heavy atom. The number of aromatic amines is 1. The van der Waals surface area contributed by atoms with Crippen LogP contribution in [0.5, 0.6) is 0 Å². The summed E-state index contributed by atoms with van der Waals surface area (Å²) in [5.41, 5.74) is 2.45. The van der Waals surface area contributed by atoms with Crippen LogP contribution >= 0.6 is 11.8 Å². The molecular formula is C20H26N2O4S. The van der Waals surface area contributed by atoms with Crippen molar-refractivity contribution in [2.45, 2.75) is 38.2 Å². The largest absolute Gasteiger partial charge is 0.465 e. The number of nitrogens with zero attached hydrogens (tertiary/aromatic N) is 1. The van der Waals surface area contributed by atoms with Gasteiger partial charge in [-0.3, -0.25) is 4.79 Å². The summed E-state index contributed by atoms with van der Waals surface area (Å²) in [7, 11) is 1.37. The molecule has 1 aliphatic heterocycles. The number of ether oxygens (including phenoxy) is 2. The Morgan fingerprint density at radius 2 is 2.22 bits per heavy atom. The van der Waals surface area contributed by atoms with Crippen LogP contribution in [0.2, 0.25) is 0 Å². The molecule has 7 heteroatoms. The second-order valence-corrected chi connectivity index (χ2v) is 8.02. The first-order valence-corrected chi connectivity index (χ1v) is 10.3. The van der Waals surface area contributed by atoms with Crippen LogP contribution in [0.25, 0.3) is 10.9 Å². The van der Waals surface area contributed by atoms with Crippen LogP contribution in [0.15, 0.2) is 24.4 Å². The van der Waals surface area contributed by atoms with E-state index in [9.17, 15) is 9.59 Å². The predicted molar refractivity (Wildman–Crippen MR) is 107 cm³/mol. The first-order valence-electron chi connectivity index (χ1n) is 9.23. The van der Waals surface area contributed by atoms with Gasteiger partial charge in [-0.2, -0.15) is 0 Å². The van der Waals surface area contributed by atoms with Crippen LogP contribution in [0.4, 0.5) is 0 Å². The second-order valence-electron chi connectivity index (χ2n) is 6.83. The van der Waals surface area contributed by atoms with Crippen molar-refractivity contribution in [3.63, 3.8) is 0 Å². The summed E-state index contributed by atoms with van der Waals surface area (Å²) in [5.74, 6) is 0.640. The number of thioether (sulfide) groups is 1. The van der Waals surface area contributed by atoms with Crippen LogP contribution in [0, 0.1) is 0 Å². The summed E-state index contributed by atoms with van der Waals surface area (Å²) in [6, 6.07) is 5.48. The summed E-state index contributed by atoms with van der Waals surface area (Å²) in [5, 5.41) is 1.00. The zero-order valence-corrected chi connectivity index (χ0v) is 16.8. The van der Waals surface area contributed by atoms with Gasteiger partial charge in [0.2, 0.25) is 5.91 Å². The molecule has 0 saturated carbocycles. The van der Waals surface area contributed by atoms with Crippen molar-refractivity contribution in [2.75, 3.05) is 26.0 Å². The lowest BCUT2D eigenvalue weighted by atomic mass is 10.1. The van der Waals surface area contributed by atoms with Gasteiger partial charge < -0.3 is 19.4 Å². The molecule has 27 heavy (non-hydrogen) atoms. The Bertz CT molecular complexity index is 817. The van der Waals surface area contributed by atoms with Crippen molar-refractivity contribution < 1.29 is 19.1 Å². The van der Waals surface area contributed by atoms with E-state index in [-0.39, 0.29) is 23.4 Å². The highest BCUT2D eigenvalue weighted by molar-refractivity contribution is 7.99. The van der Waals surface area contributed by atoms with Gasteiger partial charge in [-0.05, 0) is 32.4 Å². The molecule has 1 aromatic carbocycles. The van der Waals surface area contributed by atoms with Gasteiger partial charge in [-0.25, -0.2) is 4.79 Å². The van der Waals surface area contributed by atoms with Gasteiger partial charge in [0.1, 0.15) is 5.37 Å². The van der Waals surface area contributed by atoms with E-state index in [1.807, 2.05) is 31.0 Å². The number of aromatic nitrogens is 1. The highest BCUT2D eigenvalue weighted by Crippen LogP contribution is 2.40. The molecule has 1 unspecified atom stereocenters. The number of H-pyrrole nitrogens is 1. The number of carbonyl (C=O) groups is 2. The highest BCUT2D eigenvalue weighted by atomic mass is 32.2. The van der Waals surface area contributed by atoms with Gasteiger partial charge in [-0.15, -0.1) is 11.8 Å². The molecule has 0 bridgehead atoms. The first kappa shape index (κ1) is 19.8. The number of carbonyl (C=O) groups excluding carboxylic acids is 2. The third-order valence-electron chi connectivity index (χ3n) is 4.59.